The van der Waals surface area contributed by atoms with Crippen LogP contribution in [0.1, 0.15) is 33.9 Å². The van der Waals surface area contributed by atoms with Gasteiger partial charge in [0.2, 0.25) is 5.91 Å². The van der Waals surface area contributed by atoms with Gasteiger partial charge in [-0.15, -0.1) is 0 Å². The maximum atomic E-state index is 13.0. The second-order valence-corrected chi connectivity index (χ2v) is 7.08. The minimum atomic E-state index is -0.318. The number of hydrogen-bond donors (Lipinski definition) is 0. The first kappa shape index (κ1) is 18.5. The second kappa shape index (κ2) is 8.02. The Hall–Kier alpha value is -2.86. The number of carbonyl (C=O) groups is 2. The Labute approximate surface area is 164 Å². The van der Waals surface area contributed by atoms with Gasteiger partial charge in [0, 0.05) is 25.2 Å². The van der Waals surface area contributed by atoms with Gasteiger partial charge in [0.1, 0.15) is 5.75 Å². The molecule has 1 fully saturated rings. The lowest BCUT2D eigenvalue weighted by Gasteiger charge is -2.32. The van der Waals surface area contributed by atoms with Gasteiger partial charge < -0.3 is 19.3 Å². The monoisotopic (exact) mass is 380 g/mol. The molecule has 4 rings (SSSR count). The minimum absolute atomic E-state index is 0.0220. The number of methoxy groups -OCH3 is 1. The second-order valence-electron chi connectivity index (χ2n) is 7.08. The van der Waals surface area contributed by atoms with Crippen molar-refractivity contribution >= 4 is 11.8 Å². The molecule has 2 aliphatic heterocycles. The lowest BCUT2D eigenvalue weighted by molar-refractivity contribution is -0.136. The highest BCUT2D eigenvalue weighted by Crippen LogP contribution is 2.34. The predicted octanol–water partition coefficient (Wildman–Crippen LogP) is 2.64. The molecule has 6 heteroatoms. The van der Waals surface area contributed by atoms with Crippen LogP contribution in [0.5, 0.6) is 5.75 Å². The summed E-state index contributed by atoms with van der Waals surface area (Å²) in [5.74, 6) is 0.775. The maximum absolute atomic E-state index is 13.0. The first-order valence-corrected chi connectivity index (χ1v) is 9.55. The summed E-state index contributed by atoms with van der Waals surface area (Å²) in [5, 5.41) is 0. The van der Waals surface area contributed by atoms with Gasteiger partial charge in [0.15, 0.2) is 0 Å². The molecule has 0 radical (unpaired) electrons. The Morgan fingerprint density at radius 3 is 2.50 bits per heavy atom. The molecule has 2 aliphatic rings. The number of hydrogen-bond acceptors (Lipinski definition) is 4. The highest BCUT2D eigenvalue weighted by atomic mass is 16.5. The van der Waals surface area contributed by atoms with Crippen molar-refractivity contribution in [2.75, 3.05) is 33.4 Å². The molecule has 1 saturated heterocycles. The van der Waals surface area contributed by atoms with Crippen LogP contribution in [0.2, 0.25) is 0 Å². The lowest BCUT2D eigenvalue weighted by atomic mass is 10.0. The fourth-order valence-electron chi connectivity index (χ4n) is 3.87. The molecule has 0 bridgehead atoms. The fraction of sp³-hybridized carbons (Fsp3) is 0.364. The third-order valence-electron chi connectivity index (χ3n) is 5.46. The molecule has 0 aliphatic carbocycles. The molecule has 146 valence electrons. The van der Waals surface area contributed by atoms with E-state index in [0.29, 0.717) is 32.8 Å². The van der Waals surface area contributed by atoms with Gasteiger partial charge in [0.25, 0.3) is 5.91 Å². The van der Waals surface area contributed by atoms with Gasteiger partial charge >= 0.3 is 0 Å². The van der Waals surface area contributed by atoms with E-state index in [1.165, 1.54) is 0 Å². The number of rotatable bonds is 5. The summed E-state index contributed by atoms with van der Waals surface area (Å²) in [6.45, 7) is 2.84. The molecule has 2 aromatic rings. The number of carbonyl (C=O) groups excluding carboxylic acids is 2. The SMILES string of the molecule is COc1ccc([C@H](CC(=O)N2CCOCC2)N2Cc3ccccc3C2=O)cc1. The van der Waals surface area contributed by atoms with E-state index in [1.807, 2.05) is 58.3 Å². The Morgan fingerprint density at radius 2 is 1.82 bits per heavy atom. The molecule has 0 N–H and O–H groups in total. The summed E-state index contributed by atoms with van der Waals surface area (Å²) in [4.78, 5) is 29.6. The van der Waals surface area contributed by atoms with E-state index in [9.17, 15) is 9.59 Å². The van der Waals surface area contributed by atoms with Crippen molar-refractivity contribution in [1.82, 2.24) is 9.80 Å². The molecule has 0 unspecified atom stereocenters. The minimum Gasteiger partial charge on any atom is -0.497 e. The van der Waals surface area contributed by atoms with Crippen LogP contribution in [-0.4, -0.2) is 55.0 Å². The summed E-state index contributed by atoms with van der Waals surface area (Å²) in [6, 6.07) is 14.9. The molecule has 2 amide bonds. The van der Waals surface area contributed by atoms with Crippen LogP contribution in [0.4, 0.5) is 0 Å². The molecule has 2 aromatic carbocycles. The van der Waals surface area contributed by atoms with E-state index in [-0.39, 0.29) is 24.3 Å². The van der Waals surface area contributed by atoms with Gasteiger partial charge in [-0.05, 0) is 29.3 Å². The number of benzene rings is 2. The van der Waals surface area contributed by atoms with Gasteiger partial charge in [-0.3, -0.25) is 9.59 Å². The topological polar surface area (TPSA) is 59.1 Å². The van der Waals surface area contributed by atoms with Crippen molar-refractivity contribution in [3.8, 4) is 5.75 Å². The highest BCUT2D eigenvalue weighted by molar-refractivity contribution is 5.98. The van der Waals surface area contributed by atoms with Crippen LogP contribution >= 0.6 is 0 Å². The van der Waals surface area contributed by atoms with Gasteiger partial charge in [0.05, 0.1) is 32.8 Å². The van der Waals surface area contributed by atoms with E-state index in [2.05, 4.69) is 0 Å². The fourth-order valence-corrected chi connectivity index (χ4v) is 3.87. The van der Waals surface area contributed by atoms with Crippen molar-refractivity contribution in [1.29, 1.82) is 0 Å². The summed E-state index contributed by atoms with van der Waals surface area (Å²) in [6.07, 6.45) is 0.256. The van der Waals surface area contributed by atoms with E-state index < -0.39 is 0 Å². The highest BCUT2D eigenvalue weighted by Gasteiger charge is 2.35. The molecule has 0 saturated carbocycles. The number of nitrogens with zero attached hydrogens (tertiary/aromatic N) is 2. The average Bonchev–Trinajstić information content (AvgIpc) is 3.09. The van der Waals surface area contributed by atoms with Crippen LogP contribution in [0.25, 0.3) is 0 Å². The molecule has 28 heavy (non-hydrogen) atoms. The predicted molar refractivity (Wildman–Crippen MR) is 104 cm³/mol. The van der Waals surface area contributed by atoms with Gasteiger partial charge in [-0.1, -0.05) is 30.3 Å². The summed E-state index contributed by atoms with van der Waals surface area (Å²) in [5.41, 5.74) is 2.66. The zero-order chi connectivity index (χ0) is 19.5. The Kier molecular flexibility index (Phi) is 5.30. The largest absolute Gasteiger partial charge is 0.497 e. The standard InChI is InChI=1S/C22H24N2O4/c1-27-18-8-6-16(7-9-18)20(14-21(25)23-10-12-28-13-11-23)24-15-17-4-2-3-5-19(17)22(24)26/h2-9,20H,10-15H2,1H3/t20-/m0/s1. The first-order chi connectivity index (χ1) is 13.7. The molecule has 6 nitrogen and oxygen atoms in total. The molecule has 0 spiro atoms. The van der Waals surface area contributed by atoms with Crippen LogP contribution in [0.3, 0.4) is 0 Å². The first-order valence-electron chi connectivity index (χ1n) is 9.55. The number of fused-ring (bicyclic) bond motifs is 1. The van der Waals surface area contributed by atoms with E-state index in [1.54, 1.807) is 7.11 Å². The van der Waals surface area contributed by atoms with Crippen molar-refractivity contribution in [2.24, 2.45) is 0 Å². The van der Waals surface area contributed by atoms with Crippen molar-refractivity contribution in [3.05, 3.63) is 65.2 Å². The summed E-state index contributed by atoms with van der Waals surface area (Å²) < 4.78 is 10.6. The summed E-state index contributed by atoms with van der Waals surface area (Å²) >= 11 is 0. The van der Waals surface area contributed by atoms with Crippen molar-refractivity contribution in [3.63, 3.8) is 0 Å². The molecule has 2 heterocycles. The van der Waals surface area contributed by atoms with E-state index in [4.69, 9.17) is 9.47 Å². The molecular weight excluding hydrogens is 356 g/mol. The lowest BCUT2D eigenvalue weighted by Crippen LogP contribution is -2.42. The van der Waals surface area contributed by atoms with Crippen LogP contribution in [0.15, 0.2) is 48.5 Å². The number of amides is 2. The van der Waals surface area contributed by atoms with Crippen LogP contribution < -0.4 is 4.74 Å². The Bertz CT molecular complexity index is 859. The van der Waals surface area contributed by atoms with E-state index in [0.717, 1.165) is 22.4 Å². The molecular formula is C22H24N2O4. The van der Waals surface area contributed by atoms with Crippen molar-refractivity contribution < 1.29 is 19.1 Å². The average molecular weight is 380 g/mol. The number of morpholine rings is 1. The van der Waals surface area contributed by atoms with Gasteiger partial charge in [-0.25, -0.2) is 0 Å². The zero-order valence-corrected chi connectivity index (χ0v) is 16.0. The third-order valence-corrected chi connectivity index (χ3v) is 5.46. The molecule has 0 aromatic heterocycles. The van der Waals surface area contributed by atoms with Crippen LogP contribution in [-0.2, 0) is 16.1 Å². The normalized spacial score (nSPS) is 17.4. The third kappa shape index (κ3) is 3.60. The van der Waals surface area contributed by atoms with E-state index >= 15 is 0 Å². The maximum Gasteiger partial charge on any atom is 0.255 e. The van der Waals surface area contributed by atoms with Crippen molar-refractivity contribution in [2.45, 2.75) is 19.0 Å². The molecule has 1 atom stereocenters. The Morgan fingerprint density at radius 1 is 1.11 bits per heavy atom. The number of ether oxygens (including phenoxy) is 2. The van der Waals surface area contributed by atoms with Gasteiger partial charge in [-0.2, -0.15) is 0 Å². The summed E-state index contributed by atoms with van der Waals surface area (Å²) in [7, 11) is 1.62. The smallest absolute Gasteiger partial charge is 0.255 e. The van der Waals surface area contributed by atoms with Crippen LogP contribution in [0, 0.1) is 0 Å². The zero-order valence-electron chi connectivity index (χ0n) is 16.0. The quantitative estimate of drug-likeness (QED) is 0.800. The Balaban J connectivity index is 1.61.